The third-order valence-corrected chi connectivity index (χ3v) is 5.76. The van der Waals surface area contributed by atoms with E-state index in [0.717, 1.165) is 34.1 Å². The number of aliphatic hydroxyl groups is 1. The number of nitrogens with zero attached hydrogens (tertiary/aromatic N) is 1. The number of hydrogen-bond acceptors (Lipinski definition) is 5. The molecule has 1 aromatic heterocycles. The molecule has 2 heterocycles. The molecule has 0 radical (unpaired) electrons. The lowest BCUT2D eigenvalue weighted by atomic mass is 10.1. The molecule has 0 aliphatic carbocycles. The van der Waals surface area contributed by atoms with Gasteiger partial charge in [-0.15, -0.1) is 11.8 Å². The van der Waals surface area contributed by atoms with Crippen molar-refractivity contribution in [3.05, 3.63) is 113 Å². The van der Waals surface area contributed by atoms with Gasteiger partial charge >= 0.3 is 0 Å². The number of rotatable bonds is 8. The van der Waals surface area contributed by atoms with E-state index in [1.54, 1.807) is 24.0 Å². The Balaban J connectivity index is 1.33. The fraction of sp³-hybridized carbons (Fsp3) is 0.160. The Labute approximate surface area is 180 Å². The third-order valence-electron chi connectivity index (χ3n) is 4.67. The maximum absolute atomic E-state index is 10.4. The zero-order valence-electron chi connectivity index (χ0n) is 16.5. The quantitative estimate of drug-likeness (QED) is 0.504. The van der Waals surface area contributed by atoms with Crippen molar-refractivity contribution < 1.29 is 14.6 Å². The number of aryl methyl sites for hydroxylation is 1. The topological polar surface area (TPSA) is 51.6 Å². The van der Waals surface area contributed by atoms with E-state index in [1.807, 2.05) is 60.7 Å². The number of thioether (sulfide) groups is 1. The van der Waals surface area contributed by atoms with Crippen LogP contribution >= 0.6 is 11.8 Å². The smallest absolute Gasteiger partial charge is 0.132 e. The van der Waals surface area contributed by atoms with Crippen molar-refractivity contribution in [3.8, 4) is 5.75 Å². The molecule has 2 aromatic carbocycles. The molecule has 152 valence electrons. The van der Waals surface area contributed by atoms with E-state index in [1.165, 1.54) is 5.56 Å². The molecule has 4 nitrogen and oxygen atoms in total. The van der Waals surface area contributed by atoms with Gasteiger partial charge in [-0.05, 0) is 48.4 Å². The molecule has 0 saturated heterocycles. The summed E-state index contributed by atoms with van der Waals surface area (Å²) < 4.78 is 11.7. The summed E-state index contributed by atoms with van der Waals surface area (Å²) in [5.41, 5.74) is 3.08. The minimum atomic E-state index is 0.282. The molecule has 0 spiro atoms. The fourth-order valence-electron chi connectivity index (χ4n) is 3.04. The minimum Gasteiger partial charge on any atom is -0.507 e. The summed E-state index contributed by atoms with van der Waals surface area (Å²) in [4.78, 5) is 5.12. The van der Waals surface area contributed by atoms with Gasteiger partial charge in [0, 0.05) is 23.6 Å². The average molecular weight is 418 g/mol. The predicted molar refractivity (Wildman–Crippen MR) is 121 cm³/mol. The van der Waals surface area contributed by atoms with Gasteiger partial charge in [0.2, 0.25) is 0 Å². The highest BCUT2D eigenvalue weighted by molar-refractivity contribution is 8.03. The summed E-state index contributed by atoms with van der Waals surface area (Å²) in [5, 5.41) is 10.4. The predicted octanol–water partition coefficient (Wildman–Crippen LogP) is 5.78. The van der Waals surface area contributed by atoms with Gasteiger partial charge in [0.1, 0.15) is 30.5 Å². The third kappa shape index (κ3) is 5.45. The van der Waals surface area contributed by atoms with Crippen LogP contribution in [0.4, 0.5) is 0 Å². The number of aromatic nitrogens is 1. The lowest BCUT2D eigenvalue weighted by molar-refractivity contribution is 0.294. The molecule has 0 saturated carbocycles. The Morgan fingerprint density at radius 3 is 2.50 bits per heavy atom. The van der Waals surface area contributed by atoms with Crippen LogP contribution < -0.4 is 4.74 Å². The van der Waals surface area contributed by atoms with Gasteiger partial charge in [-0.2, -0.15) is 0 Å². The summed E-state index contributed by atoms with van der Waals surface area (Å²) in [5.74, 6) is 2.61. The zero-order chi connectivity index (χ0) is 20.6. The van der Waals surface area contributed by atoms with Crippen LogP contribution in [0.25, 0.3) is 5.76 Å². The van der Waals surface area contributed by atoms with Crippen molar-refractivity contribution in [2.75, 3.05) is 12.4 Å². The molecule has 3 aromatic rings. The number of ether oxygens (including phenoxy) is 2. The second-order valence-electron chi connectivity index (χ2n) is 6.82. The van der Waals surface area contributed by atoms with Gasteiger partial charge in [-0.25, -0.2) is 0 Å². The molecule has 0 fully saturated rings. The van der Waals surface area contributed by atoms with E-state index in [4.69, 9.17) is 9.47 Å². The van der Waals surface area contributed by atoms with Crippen LogP contribution in [0.1, 0.15) is 16.8 Å². The van der Waals surface area contributed by atoms with Crippen LogP contribution in [0, 0.1) is 0 Å². The highest BCUT2D eigenvalue weighted by Crippen LogP contribution is 2.31. The largest absolute Gasteiger partial charge is 0.507 e. The van der Waals surface area contributed by atoms with Gasteiger partial charge in [0.15, 0.2) is 0 Å². The standard InChI is InChI=1S/C25H23NO3S/c27-23-16-24(29-18-25(23)30-15-13-19-6-2-1-3-7-19)20-9-11-22(12-10-20)28-17-21-8-4-5-14-26-21/h1-12,14,16,27H,13,15,17-18H2. The minimum absolute atomic E-state index is 0.282. The number of allylic oxidation sites excluding steroid dienone is 1. The second-order valence-corrected chi connectivity index (χ2v) is 8.01. The van der Waals surface area contributed by atoms with Crippen LogP contribution in [0.5, 0.6) is 5.75 Å². The first-order chi connectivity index (χ1) is 14.8. The van der Waals surface area contributed by atoms with Crippen molar-refractivity contribution in [3.63, 3.8) is 0 Å². The zero-order valence-corrected chi connectivity index (χ0v) is 17.3. The summed E-state index contributed by atoms with van der Waals surface area (Å²) in [7, 11) is 0. The Morgan fingerprint density at radius 2 is 1.77 bits per heavy atom. The number of aliphatic hydroxyl groups excluding tert-OH is 1. The van der Waals surface area contributed by atoms with E-state index in [0.29, 0.717) is 19.0 Å². The summed E-state index contributed by atoms with van der Waals surface area (Å²) in [6, 6.07) is 23.8. The number of hydrogen-bond donors (Lipinski definition) is 1. The van der Waals surface area contributed by atoms with Crippen LogP contribution in [0.2, 0.25) is 0 Å². The van der Waals surface area contributed by atoms with E-state index in [-0.39, 0.29) is 5.76 Å². The fourth-order valence-corrected chi connectivity index (χ4v) is 3.97. The van der Waals surface area contributed by atoms with Crippen molar-refractivity contribution in [1.82, 2.24) is 4.98 Å². The molecule has 30 heavy (non-hydrogen) atoms. The first-order valence-electron chi connectivity index (χ1n) is 9.84. The molecule has 0 atom stereocenters. The van der Waals surface area contributed by atoms with Gasteiger partial charge in [0.25, 0.3) is 0 Å². The van der Waals surface area contributed by atoms with Crippen molar-refractivity contribution in [1.29, 1.82) is 0 Å². The molecular formula is C25H23NO3S. The molecule has 5 heteroatoms. The Kier molecular flexibility index (Phi) is 6.72. The van der Waals surface area contributed by atoms with E-state index >= 15 is 0 Å². The Morgan fingerprint density at radius 1 is 0.967 bits per heavy atom. The highest BCUT2D eigenvalue weighted by atomic mass is 32.2. The summed E-state index contributed by atoms with van der Waals surface area (Å²) in [6.07, 6.45) is 4.40. The number of benzene rings is 2. The first-order valence-corrected chi connectivity index (χ1v) is 10.8. The molecule has 4 rings (SSSR count). The maximum atomic E-state index is 10.4. The van der Waals surface area contributed by atoms with Crippen LogP contribution in [-0.2, 0) is 17.8 Å². The lowest BCUT2D eigenvalue weighted by Crippen LogP contribution is -2.06. The lowest BCUT2D eigenvalue weighted by Gasteiger charge is -2.19. The molecule has 0 unspecified atom stereocenters. The van der Waals surface area contributed by atoms with Gasteiger partial charge in [-0.3, -0.25) is 4.98 Å². The molecule has 0 bridgehead atoms. The Bertz CT molecular complexity index is 1020. The van der Waals surface area contributed by atoms with Crippen molar-refractivity contribution >= 4 is 17.5 Å². The van der Waals surface area contributed by atoms with Crippen molar-refractivity contribution in [2.24, 2.45) is 0 Å². The van der Waals surface area contributed by atoms with Crippen LogP contribution in [-0.4, -0.2) is 22.5 Å². The van der Waals surface area contributed by atoms with Crippen LogP contribution in [0.3, 0.4) is 0 Å². The molecule has 1 aliphatic heterocycles. The van der Waals surface area contributed by atoms with Gasteiger partial charge < -0.3 is 14.6 Å². The van der Waals surface area contributed by atoms with E-state index in [2.05, 4.69) is 17.1 Å². The monoisotopic (exact) mass is 417 g/mol. The normalized spacial score (nSPS) is 13.5. The maximum Gasteiger partial charge on any atom is 0.132 e. The van der Waals surface area contributed by atoms with Gasteiger partial charge in [0.05, 0.1) is 10.6 Å². The number of pyridine rings is 1. The Hall–Kier alpha value is -3.18. The van der Waals surface area contributed by atoms with E-state index in [9.17, 15) is 5.11 Å². The molecule has 0 amide bonds. The van der Waals surface area contributed by atoms with E-state index < -0.39 is 0 Å². The average Bonchev–Trinajstić information content (AvgIpc) is 2.80. The van der Waals surface area contributed by atoms with Gasteiger partial charge in [-0.1, -0.05) is 36.4 Å². The summed E-state index contributed by atoms with van der Waals surface area (Å²) >= 11 is 1.64. The molecular weight excluding hydrogens is 394 g/mol. The summed E-state index contributed by atoms with van der Waals surface area (Å²) in [6.45, 7) is 0.807. The molecule has 1 aliphatic rings. The first kappa shape index (κ1) is 20.1. The van der Waals surface area contributed by atoms with Crippen LogP contribution in [0.15, 0.2) is 95.7 Å². The SMILES string of the molecule is OC1=C(SCCc2ccccc2)COC(c2ccc(OCc3ccccn3)cc2)=C1. The second kappa shape index (κ2) is 10.0. The van der Waals surface area contributed by atoms with Crippen molar-refractivity contribution in [2.45, 2.75) is 13.0 Å². The molecule has 1 N–H and O–H groups in total. The highest BCUT2D eigenvalue weighted by Gasteiger charge is 2.16.